The lowest BCUT2D eigenvalue weighted by Crippen LogP contribution is -2.46. The highest BCUT2D eigenvalue weighted by Gasteiger charge is 2.38. The van der Waals surface area contributed by atoms with Crippen LogP contribution in [-0.4, -0.2) is 121 Å². The van der Waals surface area contributed by atoms with E-state index in [0.29, 0.717) is 0 Å². The Morgan fingerprint density at radius 1 is 0.550 bits per heavy atom. The maximum atomic E-state index is 15.6. The lowest BCUT2D eigenvalue weighted by molar-refractivity contribution is -0.146. The van der Waals surface area contributed by atoms with Gasteiger partial charge in [-0.1, -0.05) is 121 Å². The molecule has 4 aromatic carbocycles. The van der Waals surface area contributed by atoms with Crippen molar-refractivity contribution in [2.45, 2.75) is 84.1 Å². The molecule has 0 saturated carbocycles. The number of nitrogen functional groups attached to an aromatic ring is 1. The number of esters is 4. The van der Waals surface area contributed by atoms with Gasteiger partial charge in [0.05, 0.1) is 57.8 Å². The van der Waals surface area contributed by atoms with E-state index in [4.69, 9.17) is 34.2 Å². The fourth-order valence-electron chi connectivity index (χ4n) is 8.84. The zero-order valence-electron chi connectivity index (χ0n) is 45.7. The molecule has 430 valence electrons. The number of fused-ring (bicyclic) bond motifs is 1. The van der Waals surface area contributed by atoms with Crippen LogP contribution in [0.25, 0.3) is 11.0 Å². The number of anilines is 1. The van der Waals surface area contributed by atoms with E-state index >= 15 is 9.13 Å². The number of aromatic nitrogens is 3. The van der Waals surface area contributed by atoms with Crippen LogP contribution in [0.5, 0.6) is 0 Å². The van der Waals surface area contributed by atoms with E-state index in [1.165, 1.54) is 0 Å². The lowest BCUT2D eigenvalue weighted by Gasteiger charge is -2.30. The second kappa shape index (κ2) is 31.8. The monoisotopic (exact) mass is 1140 g/mol. The van der Waals surface area contributed by atoms with Crippen LogP contribution in [0.15, 0.2) is 138 Å². The summed E-state index contributed by atoms with van der Waals surface area (Å²) < 4.78 is 67.4. The molecule has 6 aromatic rings. The first kappa shape index (κ1) is 62.4. The minimum atomic E-state index is -4.17. The average Bonchev–Trinajstić information content (AvgIpc) is 3.86. The smallest absolute Gasteiger partial charge is 0.323 e. The zero-order valence-corrected chi connectivity index (χ0v) is 47.5. The predicted octanol–water partition coefficient (Wildman–Crippen LogP) is 6.36. The summed E-state index contributed by atoms with van der Waals surface area (Å²) in [6.07, 6.45) is 1.21. The summed E-state index contributed by atoms with van der Waals surface area (Å²) in [4.78, 5) is 74.5. The average molecular weight is 1140 g/mol. The molecule has 2 aromatic heterocycles. The van der Waals surface area contributed by atoms with Gasteiger partial charge < -0.3 is 38.7 Å². The van der Waals surface area contributed by atoms with Crippen molar-refractivity contribution in [3.05, 3.63) is 166 Å². The molecular formula is C57H74N8O13P2. The van der Waals surface area contributed by atoms with E-state index in [0.717, 1.165) is 22.3 Å². The summed E-state index contributed by atoms with van der Waals surface area (Å²) >= 11 is 0. The number of nitrogens with zero attached hydrogens (tertiary/aromatic N) is 2. The van der Waals surface area contributed by atoms with E-state index in [2.05, 4.69) is 30.3 Å². The Morgan fingerprint density at radius 3 is 1.29 bits per heavy atom. The molecule has 0 radical (unpaired) electrons. The highest BCUT2D eigenvalue weighted by atomic mass is 31.2. The summed E-state index contributed by atoms with van der Waals surface area (Å²) in [6.45, 7) is 6.50. The largest absolute Gasteiger partial charge is 0.465 e. The van der Waals surface area contributed by atoms with Gasteiger partial charge in [-0.25, -0.2) is 20.3 Å². The van der Waals surface area contributed by atoms with Crippen molar-refractivity contribution in [1.82, 2.24) is 34.9 Å². The predicted molar refractivity (Wildman–Crippen MR) is 305 cm³/mol. The number of benzene rings is 4. The number of H-pyrrole nitrogens is 1. The summed E-state index contributed by atoms with van der Waals surface area (Å²) in [6, 6.07) is 33.5. The van der Waals surface area contributed by atoms with Crippen molar-refractivity contribution in [2.75, 3.05) is 64.5 Å². The first-order valence-corrected chi connectivity index (χ1v) is 30.5. The normalized spacial score (nSPS) is 13.7. The molecule has 6 rings (SSSR count). The van der Waals surface area contributed by atoms with Crippen LogP contribution in [0.1, 0.15) is 49.9 Å². The molecule has 21 nitrogen and oxygen atoms in total. The molecule has 7 N–H and O–H groups in total. The fraction of sp³-hybridized carbons (Fsp3) is 0.404. The summed E-state index contributed by atoms with van der Waals surface area (Å²) in [7, 11) is -8.20. The van der Waals surface area contributed by atoms with Crippen molar-refractivity contribution in [3.63, 3.8) is 0 Å². The van der Waals surface area contributed by atoms with E-state index in [1.807, 2.05) is 121 Å². The van der Waals surface area contributed by atoms with Crippen LogP contribution >= 0.6 is 14.9 Å². The SMILES string of the molecule is CCOC(=O)[C@H](Cc1ccccc1)NP(=O)(CCOCC(COCP(=O)(N[C@@H](Cc1ccccc1)C(=O)OCC)N[C@@H](Cc1ccccc1)C(=O)OCC)Cn1ccc2c(=O)[nH]c(N)nc21)N[C@@H](Cc1ccccc1)C(=O)OCC. The Bertz CT molecular complexity index is 2910. The standard InChI is InChI=1S/C57H74N8O13P2/c1-5-75-53(67)47(33-41-21-13-9-14-22-41)61-79(71,62-48(54(68)76-6-2)34-42-23-15-10-16-24-42)32-31-73-38-45(37-65-30-29-46-51(65)59-57(58)60-52(46)66)39-74-40-80(72,63-49(55(69)77-7-3)35-43-25-17-11-18-26-43)64-50(56(70)78-8-4)36-44-27-19-12-20-28-44/h9-30,45,47-50H,5-8,31-40H2,1-4H3,(H2,61,62,71)(H2,63,64,72)(H3,58,59,60,66)/t45?,47-,48-,49-,50-/m0/s1. The highest BCUT2D eigenvalue weighted by molar-refractivity contribution is 7.60. The molecule has 1 unspecified atom stereocenters. The molecule has 0 aliphatic carbocycles. The van der Waals surface area contributed by atoms with Crippen LogP contribution in [0, 0.1) is 5.92 Å². The van der Waals surface area contributed by atoms with Gasteiger partial charge >= 0.3 is 23.9 Å². The first-order chi connectivity index (χ1) is 38.6. The third-order valence-electron chi connectivity index (χ3n) is 12.5. The molecule has 0 fully saturated rings. The lowest BCUT2D eigenvalue weighted by atomic mass is 10.1. The third kappa shape index (κ3) is 19.8. The van der Waals surface area contributed by atoms with Gasteiger partial charge in [-0.2, -0.15) is 4.98 Å². The molecule has 0 spiro atoms. The minimum absolute atomic E-state index is 0.0442. The number of carbonyl (C=O) groups is 4. The Hall–Kier alpha value is -6.80. The molecule has 0 bridgehead atoms. The van der Waals surface area contributed by atoms with Gasteiger partial charge in [0.25, 0.3) is 5.56 Å². The van der Waals surface area contributed by atoms with Gasteiger partial charge in [0.1, 0.15) is 36.2 Å². The number of hydrogen-bond donors (Lipinski definition) is 6. The summed E-state index contributed by atoms with van der Waals surface area (Å²) in [5.41, 5.74) is 8.83. The van der Waals surface area contributed by atoms with Gasteiger partial charge in [-0.05, 0) is 81.7 Å². The van der Waals surface area contributed by atoms with Crippen molar-refractivity contribution in [3.8, 4) is 0 Å². The number of ether oxygens (including phenoxy) is 6. The summed E-state index contributed by atoms with van der Waals surface area (Å²) in [5, 5.41) is 12.4. The van der Waals surface area contributed by atoms with Gasteiger partial charge in [0, 0.05) is 18.7 Å². The van der Waals surface area contributed by atoms with Crippen LogP contribution in [0.4, 0.5) is 5.95 Å². The summed E-state index contributed by atoms with van der Waals surface area (Å²) in [5.74, 6) is -3.39. The maximum Gasteiger partial charge on any atom is 0.323 e. The number of carbonyl (C=O) groups excluding carboxylic acids is 4. The molecule has 80 heavy (non-hydrogen) atoms. The fourth-order valence-corrected chi connectivity index (χ4v) is 12.9. The second-order valence-corrected chi connectivity index (χ2v) is 23.5. The molecule has 0 aliphatic rings. The second-order valence-electron chi connectivity index (χ2n) is 18.8. The van der Waals surface area contributed by atoms with Crippen LogP contribution < -0.4 is 31.6 Å². The van der Waals surface area contributed by atoms with E-state index < -0.39 is 80.8 Å². The topological polar surface area (TPSA) is 283 Å². The Kier molecular flexibility index (Phi) is 24.8. The van der Waals surface area contributed by atoms with E-state index in [1.54, 1.807) is 44.5 Å². The number of aromatic amines is 1. The molecule has 5 atom stereocenters. The molecule has 0 aliphatic heterocycles. The van der Waals surface area contributed by atoms with Crippen molar-refractivity contribution >= 4 is 55.7 Å². The molecule has 2 heterocycles. The molecule has 23 heteroatoms. The first-order valence-electron chi connectivity index (χ1n) is 26.7. The van der Waals surface area contributed by atoms with Gasteiger partial charge in [-0.15, -0.1) is 0 Å². The maximum absolute atomic E-state index is 15.6. The van der Waals surface area contributed by atoms with E-state index in [-0.39, 0.29) is 102 Å². The van der Waals surface area contributed by atoms with E-state index in [9.17, 15) is 24.0 Å². The Labute approximate surface area is 466 Å². The zero-order chi connectivity index (χ0) is 57.3. The van der Waals surface area contributed by atoms with Crippen molar-refractivity contribution in [2.24, 2.45) is 5.92 Å². The minimum Gasteiger partial charge on any atom is -0.465 e. The van der Waals surface area contributed by atoms with Gasteiger partial charge in [0.2, 0.25) is 20.8 Å². The Morgan fingerprint density at radius 2 is 0.912 bits per heavy atom. The third-order valence-corrected chi connectivity index (χ3v) is 16.8. The number of hydrogen-bond acceptors (Lipinski definition) is 15. The van der Waals surface area contributed by atoms with Crippen molar-refractivity contribution < 1.29 is 56.7 Å². The molecular weight excluding hydrogens is 1070 g/mol. The number of nitrogens with two attached hydrogens (primary N) is 1. The van der Waals surface area contributed by atoms with Crippen LogP contribution in [0.2, 0.25) is 0 Å². The van der Waals surface area contributed by atoms with Gasteiger partial charge in [0.15, 0.2) is 0 Å². The quantitative estimate of drug-likeness (QED) is 0.0109. The van der Waals surface area contributed by atoms with Crippen molar-refractivity contribution in [1.29, 1.82) is 0 Å². The highest BCUT2D eigenvalue weighted by Crippen LogP contribution is 2.40. The molecule has 0 saturated heterocycles. The number of nitrogens with one attached hydrogen (secondary N) is 5. The van der Waals surface area contributed by atoms with Crippen LogP contribution in [0.3, 0.4) is 0 Å². The van der Waals surface area contributed by atoms with Gasteiger partial charge in [-0.3, -0.25) is 38.1 Å². The Balaban J connectivity index is 1.30. The number of rotatable bonds is 35. The van der Waals surface area contributed by atoms with Crippen LogP contribution in [-0.2, 0) is 89.0 Å². The molecule has 0 amide bonds.